The van der Waals surface area contributed by atoms with Crippen LogP contribution in [0.5, 0.6) is 11.5 Å². The molecule has 2 N–H and O–H groups in total. The van der Waals surface area contributed by atoms with E-state index in [2.05, 4.69) is 25.2 Å². The van der Waals surface area contributed by atoms with Crippen LogP contribution in [0.2, 0.25) is 0 Å². The molecule has 1 rings (SSSR count). The molecule has 110 valence electrons. The van der Waals surface area contributed by atoms with Gasteiger partial charge in [0, 0.05) is 0 Å². The molecular weight excluding hydrogens is 252 g/mol. The maximum atomic E-state index is 9.76. The normalized spacial score (nSPS) is 13.8. The van der Waals surface area contributed by atoms with E-state index in [1.54, 1.807) is 12.1 Å². The highest BCUT2D eigenvalue weighted by molar-refractivity contribution is 5.46. The molecule has 0 saturated heterocycles. The molecule has 0 aliphatic carbocycles. The van der Waals surface area contributed by atoms with Crippen LogP contribution in [0.4, 0.5) is 0 Å². The van der Waals surface area contributed by atoms with Gasteiger partial charge in [0.25, 0.3) is 0 Å². The summed E-state index contributed by atoms with van der Waals surface area (Å²) < 4.78 is 5.16. The molecule has 0 aliphatic rings. The van der Waals surface area contributed by atoms with E-state index in [1.165, 1.54) is 7.11 Å². The summed E-state index contributed by atoms with van der Waals surface area (Å²) in [6.45, 7) is 5.00. The lowest BCUT2D eigenvalue weighted by molar-refractivity contribution is 0.348. The van der Waals surface area contributed by atoms with Crippen molar-refractivity contribution in [3.05, 3.63) is 23.8 Å². The van der Waals surface area contributed by atoms with Crippen molar-refractivity contribution in [1.82, 2.24) is 5.32 Å². The van der Waals surface area contributed by atoms with Crippen LogP contribution in [-0.2, 0) is 5.41 Å². The summed E-state index contributed by atoms with van der Waals surface area (Å²) in [5.41, 5.74) is 0.346. The number of phenolic OH excluding ortho intramolecular Hbond substituents is 1. The predicted molar refractivity (Wildman–Crippen MR) is 79.9 cm³/mol. The first-order valence-corrected chi connectivity index (χ1v) is 6.95. The Morgan fingerprint density at radius 2 is 2.15 bits per heavy atom. The highest BCUT2D eigenvalue weighted by atomic mass is 16.5. The summed E-state index contributed by atoms with van der Waals surface area (Å²) >= 11 is 0. The lowest BCUT2D eigenvalue weighted by Gasteiger charge is -2.31. The van der Waals surface area contributed by atoms with Gasteiger partial charge in [0.1, 0.15) is 0 Å². The van der Waals surface area contributed by atoms with E-state index in [0.29, 0.717) is 5.75 Å². The van der Waals surface area contributed by atoms with Crippen molar-refractivity contribution < 1.29 is 9.84 Å². The first-order valence-electron chi connectivity index (χ1n) is 6.95. The minimum absolute atomic E-state index is 0.0991. The van der Waals surface area contributed by atoms with Gasteiger partial charge < -0.3 is 15.2 Å². The Bertz CT molecular complexity index is 480. The van der Waals surface area contributed by atoms with E-state index in [1.807, 2.05) is 13.1 Å². The fraction of sp³-hybridized carbons (Fsp3) is 0.562. The predicted octanol–water partition coefficient (Wildman–Crippen LogP) is 2.82. The smallest absolute Gasteiger partial charge is 0.160 e. The molecule has 0 saturated carbocycles. The van der Waals surface area contributed by atoms with Crippen molar-refractivity contribution >= 4 is 0 Å². The van der Waals surface area contributed by atoms with Gasteiger partial charge >= 0.3 is 0 Å². The van der Waals surface area contributed by atoms with Gasteiger partial charge in [-0.1, -0.05) is 19.9 Å². The molecule has 4 nitrogen and oxygen atoms in total. The number of rotatable bonds is 7. The fourth-order valence-corrected chi connectivity index (χ4v) is 2.52. The van der Waals surface area contributed by atoms with E-state index in [0.717, 1.165) is 24.9 Å². The second kappa shape index (κ2) is 7.16. The van der Waals surface area contributed by atoms with Crippen LogP contribution < -0.4 is 10.1 Å². The van der Waals surface area contributed by atoms with E-state index in [9.17, 15) is 10.4 Å². The number of hydrogen-bond donors (Lipinski definition) is 2. The topological polar surface area (TPSA) is 65.3 Å². The molecule has 0 spiro atoms. The average molecular weight is 276 g/mol. The molecule has 4 heteroatoms. The minimum atomic E-state index is -0.558. The van der Waals surface area contributed by atoms with Gasteiger partial charge in [0.15, 0.2) is 11.5 Å². The number of methoxy groups -OCH3 is 1. The van der Waals surface area contributed by atoms with Gasteiger partial charge in [-0.05, 0) is 50.0 Å². The number of hydrogen-bond acceptors (Lipinski definition) is 4. The van der Waals surface area contributed by atoms with Crippen molar-refractivity contribution in [2.75, 3.05) is 20.7 Å². The summed E-state index contributed by atoms with van der Waals surface area (Å²) in [6.07, 6.45) is 1.70. The average Bonchev–Trinajstić information content (AvgIpc) is 2.44. The summed E-state index contributed by atoms with van der Waals surface area (Å²) in [4.78, 5) is 0. The second-order valence-electron chi connectivity index (χ2n) is 5.33. The third-order valence-electron chi connectivity index (χ3n) is 3.88. The van der Waals surface area contributed by atoms with Crippen LogP contribution in [0.1, 0.15) is 32.3 Å². The van der Waals surface area contributed by atoms with Crippen molar-refractivity contribution in [1.29, 1.82) is 5.26 Å². The third kappa shape index (κ3) is 3.23. The lowest BCUT2D eigenvalue weighted by Crippen LogP contribution is -2.31. The van der Waals surface area contributed by atoms with Crippen molar-refractivity contribution in [3.63, 3.8) is 0 Å². The number of nitrogens with one attached hydrogen (secondary N) is 1. The maximum Gasteiger partial charge on any atom is 0.160 e. The number of aromatic hydroxyl groups is 1. The molecule has 1 atom stereocenters. The first kappa shape index (κ1) is 16.3. The summed E-state index contributed by atoms with van der Waals surface area (Å²) in [6, 6.07) is 7.69. The lowest BCUT2D eigenvalue weighted by atomic mass is 9.70. The molecule has 0 aliphatic heterocycles. The van der Waals surface area contributed by atoms with Crippen LogP contribution in [0.25, 0.3) is 0 Å². The largest absolute Gasteiger partial charge is 0.504 e. The van der Waals surface area contributed by atoms with Gasteiger partial charge in [-0.15, -0.1) is 0 Å². The van der Waals surface area contributed by atoms with Crippen LogP contribution >= 0.6 is 0 Å². The Labute approximate surface area is 121 Å². The molecule has 0 amide bonds. The van der Waals surface area contributed by atoms with Crippen LogP contribution in [-0.4, -0.2) is 25.8 Å². The highest BCUT2D eigenvalue weighted by Gasteiger charge is 2.36. The molecular formula is C16H24N2O2. The zero-order valence-corrected chi connectivity index (χ0v) is 12.7. The van der Waals surface area contributed by atoms with E-state index in [-0.39, 0.29) is 11.7 Å². The molecule has 0 radical (unpaired) electrons. The third-order valence-corrected chi connectivity index (χ3v) is 3.88. The Morgan fingerprint density at radius 1 is 1.45 bits per heavy atom. The molecule has 0 aromatic heterocycles. The molecule has 1 aromatic rings. The Balaban J connectivity index is 3.20. The quantitative estimate of drug-likeness (QED) is 0.752. The standard InChI is InChI=1S/C16H24N2O2/c1-12(2)16(11-17,8-5-9-18-3)13-6-7-14(19)15(10-13)20-4/h6-7,10,12,18-19H,5,8-9H2,1-4H3/t16-/m0/s1. The first-order chi connectivity index (χ1) is 9.51. The Hall–Kier alpha value is -1.73. The van der Waals surface area contributed by atoms with E-state index >= 15 is 0 Å². The molecule has 20 heavy (non-hydrogen) atoms. The molecule has 0 heterocycles. The summed E-state index contributed by atoms with van der Waals surface area (Å²) in [5.74, 6) is 0.692. The van der Waals surface area contributed by atoms with E-state index in [4.69, 9.17) is 4.74 Å². The van der Waals surface area contributed by atoms with Crippen LogP contribution in [0.3, 0.4) is 0 Å². The highest BCUT2D eigenvalue weighted by Crippen LogP contribution is 2.39. The minimum Gasteiger partial charge on any atom is -0.504 e. The molecule has 0 unspecified atom stereocenters. The monoisotopic (exact) mass is 276 g/mol. The van der Waals surface area contributed by atoms with Gasteiger partial charge in [0.2, 0.25) is 0 Å². The number of nitrogens with zero attached hydrogens (tertiary/aromatic N) is 1. The second-order valence-corrected chi connectivity index (χ2v) is 5.33. The molecule has 0 fully saturated rings. The van der Waals surface area contributed by atoms with Crippen LogP contribution in [0.15, 0.2) is 18.2 Å². The van der Waals surface area contributed by atoms with E-state index < -0.39 is 5.41 Å². The number of nitriles is 1. The molecule has 1 aromatic carbocycles. The van der Waals surface area contributed by atoms with Crippen molar-refractivity contribution in [2.45, 2.75) is 32.1 Å². The maximum absolute atomic E-state index is 9.76. The van der Waals surface area contributed by atoms with Crippen molar-refractivity contribution in [3.8, 4) is 17.6 Å². The zero-order chi connectivity index (χ0) is 15.2. The zero-order valence-electron chi connectivity index (χ0n) is 12.7. The summed E-state index contributed by atoms with van der Waals surface area (Å²) in [7, 11) is 3.43. The number of phenols is 1. The fourth-order valence-electron chi connectivity index (χ4n) is 2.52. The van der Waals surface area contributed by atoms with Gasteiger partial charge in [-0.3, -0.25) is 0 Å². The Kier molecular flexibility index (Phi) is 5.84. The van der Waals surface area contributed by atoms with Crippen LogP contribution in [0, 0.1) is 17.2 Å². The van der Waals surface area contributed by atoms with Gasteiger partial charge in [0.05, 0.1) is 18.6 Å². The SMILES string of the molecule is CNCCC[C@@](C#N)(c1ccc(O)c(OC)c1)C(C)C. The number of ether oxygens (including phenoxy) is 1. The Morgan fingerprint density at radius 3 is 2.65 bits per heavy atom. The summed E-state index contributed by atoms with van der Waals surface area (Å²) in [5, 5.41) is 22.6. The van der Waals surface area contributed by atoms with Gasteiger partial charge in [-0.2, -0.15) is 5.26 Å². The molecule has 0 bridgehead atoms. The van der Waals surface area contributed by atoms with Crippen molar-refractivity contribution in [2.24, 2.45) is 5.92 Å². The van der Waals surface area contributed by atoms with Gasteiger partial charge in [-0.25, -0.2) is 0 Å². The number of benzene rings is 1.